The molecule has 0 unspecified atom stereocenters. The third kappa shape index (κ3) is 2.52. The van der Waals surface area contributed by atoms with Gasteiger partial charge >= 0.3 is 0 Å². The van der Waals surface area contributed by atoms with Crippen LogP contribution in [0.2, 0.25) is 0 Å². The first kappa shape index (κ1) is 8.43. The van der Waals surface area contributed by atoms with Gasteiger partial charge < -0.3 is 5.32 Å². The fourth-order valence-electron chi connectivity index (χ4n) is 0.650. The van der Waals surface area contributed by atoms with Crippen LogP contribution in [0, 0.1) is 11.5 Å². The van der Waals surface area contributed by atoms with Gasteiger partial charge in [0, 0.05) is 6.20 Å². The number of nitrogens with one attached hydrogen (secondary N) is 2. The van der Waals surface area contributed by atoms with Gasteiger partial charge in [0.2, 0.25) is 0 Å². The molecule has 0 aliphatic carbocycles. The van der Waals surface area contributed by atoms with E-state index in [4.69, 9.17) is 17.5 Å². The van der Waals surface area contributed by atoms with E-state index in [0.717, 1.165) is 5.69 Å². The Labute approximate surface area is 75.2 Å². The highest BCUT2D eigenvalue weighted by Crippen LogP contribution is 2.01. The summed E-state index contributed by atoms with van der Waals surface area (Å²) in [5.41, 5.74) is 0.755. The molecule has 1 rings (SSSR count). The zero-order chi connectivity index (χ0) is 8.81. The number of hydrogen-bond acceptors (Lipinski definition) is 3. The van der Waals surface area contributed by atoms with Crippen LogP contribution in [-0.2, 0) is 0 Å². The van der Waals surface area contributed by atoms with Crippen LogP contribution in [0.3, 0.4) is 0 Å². The summed E-state index contributed by atoms with van der Waals surface area (Å²) in [5.74, 6) is 0. The Hall–Kier alpha value is -1.67. The van der Waals surface area contributed by atoms with E-state index in [1.165, 1.54) is 0 Å². The second kappa shape index (κ2) is 4.26. The number of anilines is 1. The maximum absolute atomic E-state index is 8.21. The maximum atomic E-state index is 8.21. The van der Waals surface area contributed by atoms with Gasteiger partial charge in [0.15, 0.2) is 11.3 Å². The lowest BCUT2D eigenvalue weighted by Crippen LogP contribution is -2.23. The van der Waals surface area contributed by atoms with Crippen molar-refractivity contribution in [2.75, 3.05) is 5.32 Å². The van der Waals surface area contributed by atoms with Crippen molar-refractivity contribution in [3.8, 4) is 6.19 Å². The molecule has 0 bridgehead atoms. The second-order valence-corrected chi connectivity index (χ2v) is 2.34. The molecule has 0 aliphatic rings. The molecule has 1 aromatic rings. The number of nitrogens with zero attached hydrogens (tertiary/aromatic N) is 2. The Kier molecular flexibility index (Phi) is 2.99. The van der Waals surface area contributed by atoms with Crippen molar-refractivity contribution < 1.29 is 0 Å². The minimum absolute atomic E-state index is 0.269. The maximum Gasteiger partial charge on any atom is 0.184 e. The predicted molar refractivity (Wildman–Crippen MR) is 49.2 cm³/mol. The van der Waals surface area contributed by atoms with Gasteiger partial charge in [-0.3, -0.25) is 10.3 Å². The van der Waals surface area contributed by atoms with Gasteiger partial charge in [-0.2, -0.15) is 5.26 Å². The molecule has 0 radical (unpaired) electrons. The Balaban J connectivity index is 2.54. The molecule has 0 saturated heterocycles. The SMILES string of the molecule is N#CNC(=S)Nc1cccnc1. The number of pyridine rings is 1. The predicted octanol–water partition coefficient (Wildman–Crippen LogP) is 0.849. The van der Waals surface area contributed by atoms with Crippen LogP contribution in [0.5, 0.6) is 0 Å². The van der Waals surface area contributed by atoms with E-state index < -0.39 is 0 Å². The van der Waals surface area contributed by atoms with Crippen LogP contribution in [0.25, 0.3) is 0 Å². The lowest BCUT2D eigenvalue weighted by atomic mass is 10.4. The molecular formula is C7H6N4S. The number of rotatable bonds is 1. The molecule has 0 amide bonds. The third-order valence-electron chi connectivity index (χ3n) is 1.09. The number of nitriles is 1. The van der Waals surface area contributed by atoms with Crippen molar-refractivity contribution in [2.45, 2.75) is 0 Å². The van der Waals surface area contributed by atoms with E-state index in [9.17, 15) is 0 Å². The topological polar surface area (TPSA) is 60.7 Å². The van der Waals surface area contributed by atoms with Gasteiger partial charge in [0.05, 0.1) is 11.9 Å². The lowest BCUT2D eigenvalue weighted by molar-refractivity contribution is 1.27. The standard InChI is InChI=1S/C7H6N4S/c8-5-10-7(12)11-6-2-1-3-9-4-6/h1-4H,(H2,10,11,12). The van der Waals surface area contributed by atoms with E-state index in [1.54, 1.807) is 30.7 Å². The largest absolute Gasteiger partial charge is 0.331 e. The van der Waals surface area contributed by atoms with Gasteiger partial charge in [-0.1, -0.05) is 0 Å². The Morgan fingerprint density at radius 3 is 3.08 bits per heavy atom. The first-order valence-electron chi connectivity index (χ1n) is 3.19. The molecule has 4 nitrogen and oxygen atoms in total. The quantitative estimate of drug-likeness (QED) is 0.379. The average Bonchev–Trinajstić information content (AvgIpc) is 2.06. The first-order valence-corrected chi connectivity index (χ1v) is 3.60. The minimum atomic E-state index is 0.269. The van der Waals surface area contributed by atoms with Crippen LogP contribution >= 0.6 is 12.2 Å². The fraction of sp³-hybridized carbons (Fsp3) is 0. The average molecular weight is 178 g/mol. The van der Waals surface area contributed by atoms with E-state index in [0.29, 0.717) is 0 Å². The van der Waals surface area contributed by atoms with Crippen molar-refractivity contribution in [3.05, 3.63) is 24.5 Å². The molecule has 0 aliphatic heterocycles. The Morgan fingerprint density at radius 2 is 2.50 bits per heavy atom. The number of aromatic nitrogens is 1. The third-order valence-corrected chi connectivity index (χ3v) is 1.29. The molecule has 2 N–H and O–H groups in total. The second-order valence-electron chi connectivity index (χ2n) is 1.93. The van der Waals surface area contributed by atoms with Crippen molar-refractivity contribution in [1.82, 2.24) is 10.3 Å². The summed E-state index contributed by atoms with van der Waals surface area (Å²) >= 11 is 4.76. The molecular weight excluding hydrogens is 172 g/mol. The van der Waals surface area contributed by atoms with Crippen LogP contribution in [0.4, 0.5) is 5.69 Å². The molecule has 0 saturated carbocycles. The highest BCUT2D eigenvalue weighted by atomic mass is 32.1. The molecule has 5 heteroatoms. The Morgan fingerprint density at radius 1 is 1.67 bits per heavy atom. The van der Waals surface area contributed by atoms with E-state index in [1.807, 2.05) is 0 Å². The van der Waals surface area contributed by atoms with Gasteiger partial charge in [0.25, 0.3) is 0 Å². The lowest BCUT2D eigenvalue weighted by Gasteiger charge is -2.03. The first-order chi connectivity index (χ1) is 5.83. The van der Waals surface area contributed by atoms with Crippen LogP contribution in [-0.4, -0.2) is 10.1 Å². The summed E-state index contributed by atoms with van der Waals surface area (Å²) in [6.07, 6.45) is 4.99. The number of hydrogen-bond donors (Lipinski definition) is 2. The van der Waals surface area contributed by atoms with Gasteiger partial charge in [-0.15, -0.1) is 0 Å². The number of thiocarbonyl (C=S) groups is 1. The Bertz CT molecular complexity index is 303. The molecule has 0 aromatic carbocycles. The monoisotopic (exact) mass is 178 g/mol. The van der Waals surface area contributed by atoms with Crippen molar-refractivity contribution in [3.63, 3.8) is 0 Å². The van der Waals surface area contributed by atoms with E-state index >= 15 is 0 Å². The van der Waals surface area contributed by atoms with Crippen LogP contribution in [0.1, 0.15) is 0 Å². The fourth-order valence-corrected chi connectivity index (χ4v) is 0.813. The van der Waals surface area contributed by atoms with Crippen molar-refractivity contribution in [2.24, 2.45) is 0 Å². The summed E-state index contributed by atoms with van der Waals surface area (Å²) < 4.78 is 0. The van der Waals surface area contributed by atoms with Crippen LogP contribution in [0.15, 0.2) is 24.5 Å². The molecule has 0 atom stereocenters. The van der Waals surface area contributed by atoms with Crippen LogP contribution < -0.4 is 10.6 Å². The summed E-state index contributed by atoms with van der Waals surface area (Å²) in [6, 6.07) is 3.58. The molecule has 0 fully saturated rings. The summed E-state index contributed by atoms with van der Waals surface area (Å²) in [6.45, 7) is 0. The summed E-state index contributed by atoms with van der Waals surface area (Å²) in [5, 5.41) is 13.5. The smallest absolute Gasteiger partial charge is 0.184 e. The highest BCUT2D eigenvalue weighted by Gasteiger charge is 1.93. The summed E-state index contributed by atoms with van der Waals surface area (Å²) in [7, 11) is 0. The van der Waals surface area contributed by atoms with Gasteiger partial charge in [0.1, 0.15) is 0 Å². The van der Waals surface area contributed by atoms with E-state index in [-0.39, 0.29) is 5.11 Å². The molecule has 1 heterocycles. The van der Waals surface area contributed by atoms with Gasteiger partial charge in [-0.25, -0.2) is 0 Å². The van der Waals surface area contributed by atoms with Gasteiger partial charge in [-0.05, 0) is 24.4 Å². The zero-order valence-electron chi connectivity index (χ0n) is 6.11. The highest BCUT2D eigenvalue weighted by molar-refractivity contribution is 7.80. The molecule has 1 aromatic heterocycles. The van der Waals surface area contributed by atoms with E-state index in [2.05, 4.69) is 15.6 Å². The molecule has 12 heavy (non-hydrogen) atoms. The minimum Gasteiger partial charge on any atom is -0.331 e. The summed E-state index contributed by atoms with van der Waals surface area (Å²) in [4.78, 5) is 3.87. The van der Waals surface area contributed by atoms with Crippen molar-refractivity contribution in [1.29, 1.82) is 5.26 Å². The molecule has 60 valence electrons. The van der Waals surface area contributed by atoms with Crippen molar-refractivity contribution >= 4 is 23.0 Å². The normalized spacial score (nSPS) is 8.25. The zero-order valence-corrected chi connectivity index (χ0v) is 6.93. The molecule has 0 spiro atoms.